The molecule has 12 nitrogen and oxygen atoms in total. The van der Waals surface area contributed by atoms with Crippen molar-refractivity contribution in [2.45, 2.75) is 25.2 Å². The maximum absolute atomic E-state index is 13.2. The molecule has 3 aromatic heterocycles. The Labute approximate surface area is 192 Å². The fourth-order valence-corrected chi connectivity index (χ4v) is 3.76. The minimum Gasteiger partial charge on any atom is -0.380 e. The molecule has 5 rings (SSSR count). The van der Waals surface area contributed by atoms with Crippen molar-refractivity contribution >= 4 is 40.1 Å². The van der Waals surface area contributed by atoms with E-state index in [1.165, 1.54) is 11.0 Å². The summed E-state index contributed by atoms with van der Waals surface area (Å²) >= 11 is 0. The maximum Gasteiger partial charge on any atom is 0.260 e. The first-order valence-corrected chi connectivity index (χ1v) is 10.5. The van der Waals surface area contributed by atoms with Crippen molar-refractivity contribution in [1.82, 2.24) is 19.9 Å². The van der Waals surface area contributed by atoms with Crippen molar-refractivity contribution < 1.29 is 24.0 Å². The molecule has 1 saturated heterocycles. The average Bonchev–Trinajstić information content (AvgIpc) is 3.47. The van der Waals surface area contributed by atoms with E-state index in [-0.39, 0.29) is 12.4 Å². The summed E-state index contributed by atoms with van der Waals surface area (Å²) in [6.45, 7) is 1.97. The van der Waals surface area contributed by atoms with Crippen LogP contribution < -0.4 is 16.0 Å². The summed E-state index contributed by atoms with van der Waals surface area (Å²) in [4.78, 5) is 31.3. The van der Waals surface area contributed by atoms with Gasteiger partial charge in [0.1, 0.15) is 0 Å². The summed E-state index contributed by atoms with van der Waals surface area (Å²) in [5.74, 6) is -0.766. The van der Waals surface area contributed by atoms with Crippen LogP contribution in [0.3, 0.4) is 0 Å². The van der Waals surface area contributed by atoms with E-state index in [0.29, 0.717) is 22.5 Å². The molecule has 1 fully saturated rings. The molecule has 1 aromatic carbocycles. The van der Waals surface area contributed by atoms with Crippen LogP contribution in [0.1, 0.15) is 6.92 Å². The number of benzene rings is 1. The smallest absolute Gasteiger partial charge is 0.260 e. The number of carbonyl (C=O) groups is 2. The topological polar surface area (TPSA) is 162 Å². The van der Waals surface area contributed by atoms with E-state index in [9.17, 15) is 14.7 Å². The number of hydrogen-bond acceptors (Lipinski definition) is 9. The van der Waals surface area contributed by atoms with E-state index < -0.39 is 30.1 Å². The van der Waals surface area contributed by atoms with E-state index in [4.69, 9.17) is 15.0 Å². The Morgan fingerprint density at radius 1 is 1.26 bits per heavy atom. The number of carbonyl (C=O) groups excluding carboxylic acids is 2. The molecule has 0 bridgehead atoms. The lowest BCUT2D eigenvalue weighted by Gasteiger charge is -2.36. The molecule has 0 aliphatic carbocycles. The van der Waals surface area contributed by atoms with Gasteiger partial charge >= 0.3 is 0 Å². The minimum absolute atomic E-state index is 0.223. The molecule has 4 N–H and O–H groups in total. The molecular formula is C22H21N7O5. The maximum atomic E-state index is 13.2. The van der Waals surface area contributed by atoms with Gasteiger partial charge in [0.2, 0.25) is 0 Å². The molecule has 0 saturated carbocycles. The fraction of sp³-hybridized carbons (Fsp3) is 0.227. The van der Waals surface area contributed by atoms with Crippen molar-refractivity contribution in [2.75, 3.05) is 22.5 Å². The largest absolute Gasteiger partial charge is 0.380 e. The lowest BCUT2D eigenvalue weighted by Crippen LogP contribution is -2.58. The summed E-state index contributed by atoms with van der Waals surface area (Å²) in [5, 5.41) is 22.0. The third-order valence-corrected chi connectivity index (χ3v) is 5.43. The van der Waals surface area contributed by atoms with Crippen LogP contribution in [0.25, 0.3) is 16.7 Å². The Bertz CT molecular complexity index is 1350. The predicted octanol–water partition coefficient (Wildman–Crippen LogP) is 1.11. The summed E-state index contributed by atoms with van der Waals surface area (Å²) in [5.41, 5.74) is 7.19. The first-order chi connectivity index (χ1) is 16.4. The summed E-state index contributed by atoms with van der Waals surface area (Å²) < 4.78 is 12.3. The van der Waals surface area contributed by atoms with Crippen LogP contribution in [-0.2, 0) is 14.3 Å². The van der Waals surface area contributed by atoms with Gasteiger partial charge in [-0.3, -0.25) is 19.5 Å². The van der Waals surface area contributed by atoms with Crippen LogP contribution in [0.2, 0.25) is 0 Å². The normalized spacial score (nSPS) is 19.4. The number of morpholine rings is 1. The molecule has 34 heavy (non-hydrogen) atoms. The number of nitrogens with two attached hydrogens (primary N) is 1. The highest BCUT2D eigenvalue weighted by molar-refractivity contribution is 6.04. The zero-order chi connectivity index (χ0) is 23.8. The number of aliphatic hydroxyl groups excluding tert-OH is 1. The van der Waals surface area contributed by atoms with E-state index in [1.54, 1.807) is 60.5 Å². The van der Waals surface area contributed by atoms with Crippen LogP contribution in [0, 0.1) is 0 Å². The van der Waals surface area contributed by atoms with Gasteiger partial charge in [-0.15, -0.1) is 5.10 Å². The SMILES string of the molecule is CC1CN(c2ccn(-c3ccncc3)n2)C(=O)C(C(O)C(=O)Nc2ccc3c(N)noc3c2)O1. The van der Waals surface area contributed by atoms with Gasteiger partial charge in [0, 0.05) is 36.4 Å². The molecule has 4 heterocycles. The zero-order valence-electron chi connectivity index (χ0n) is 18.0. The van der Waals surface area contributed by atoms with Crippen LogP contribution >= 0.6 is 0 Å². The van der Waals surface area contributed by atoms with Crippen molar-refractivity contribution in [3.05, 3.63) is 55.0 Å². The quantitative estimate of drug-likeness (QED) is 0.394. The van der Waals surface area contributed by atoms with Gasteiger partial charge < -0.3 is 25.4 Å². The number of hydrogen-bond donors (Lipinski definition) is 3. The van der Waals surface area contributed by atoms with Crippen LogP contribution in [0.5, 0.6) is 0 Å². The van der Waals surface area contributed by atoms with Crippen LogP contribution in [0.4, 0.5) is 17.3 Å². The minimum atomic E-state index is -1.75. The second kappa shape index (κ2) is 8.57. The number of rotatable bonds is 5. The van der Waals surface area contributed by atoms with Gasteiger partial charge in [-0.05, 0) is 31.2 Å². The number of nitrogens with zero attached hydrogens (tertiary/aromatic N) is 5. The zero-order valence-corrected chi connectivity index (χ0v) is 18.0. The lowest BCUT2D eigenvalue weighted by molar-refractivity contribution is -0.156. The third kappa shape index (κ3) is 3.95. The molecule has 1 aliphatic heterocycles. The molecule has 4 aromatic rings. The number of ether oxygens (including phenoxy) is 1. The molecule has 2 amide bonds. The molecule has 0 radical (unpaired) electrons. The monoisotopic (exact) mass is 463 g/mol. The predicted molar refractivity (Wildman–Crippen MR) is 121 cm³/mol. The molecule has 12 heteroatoms. The third-order valence-electron chi connectivity index (χ3n) is 5.43. The van der Waals surface area contributed by atoms with Gasteiger partial charge in [-0.1, -0.05) is 5.16 Å². The summed E-state index contributed by atoms with van der Waals surface area (Å²) in [6, 6.07) is 9.98. The average molecular weight is 463 g/mol. The Hall–Kier alpha value is -4.29. The van der Waals surface area contributed by atoms with Gasteiger partial charge in [-0.25, -0.2) is 4.68 Å². The first kappa shape index (κ1) is 21.6. The van der Waals surface area contributed by atoms with E-state index in [0.717, 1.165) is 5.69 Å². The standard InChI is InChI=1S/C22H21N7O5/c1-12-11-28(17-6-9-29(26-17)14-4-7-24-8-5-14)22(32)19(33-12)18(30)21(31)25-13-2-3-15-16(10-13)34-27-20(15)23/h2-10,12,18-19,30H,11H2,1H3,(H2,23,27)(H,25,31). The van der Waals surface area contributed by atoms with Gasteiger partial charge in [0.05, 0.1) is 23.7 Å². The number of fused-ring (bicyclic) bond motifs is 1. The van der Waals surface area contributed by atoms with Crippen molar-refractivity contribution in [2.24, 2.45) is 0 Å². The molecule has 3 unspecified atom stereocenters. The van der Waals surface area contributed by atoms with Crippen LogP contribution in [-0.4, -0.2) is 61.7 Å². The Balaban J connectivity index is 1.33. The molecular weight excluding hydrogens is 442 g/mol. The number of amides is 2. The van der Waals surface area contributed by atoms with Crippen molar-refractivity contribution in [1.29, 1.82) is 0 Å². The second-order valence-corrected chi connectivity index (χ2v) is 7.85. The first-order valence-electron chi connectivity index (χ1n) is 10.5. The highest BCUT2D eigenvalue weighted by Crippen LogP contribution is 2.25. The second-order valence-electron chi connectivity index (χ2n) is 7.85. The number of anilines is 3. The lowest BCUT2D eigenvalue weighted by atomic mass is 10.1. The van der Waals surface area contributed by atoms with Crippen LogP contribution in [0.15, 0.2) is 59.5 Å². The van der Waals surface area contributed by atoms with Crippen molar-refractivity contribution in [3.8, 4) is 5.69 Å². The van der Waals surface area contributed by atoms with Gasteiger partial charge in [0.15, 0.2) is 29.4 Å². The number of aromatic nitrogens is 4. The molecule has 1 aliphatic rings. The Morgan fingerprint density at radius 2 is 2.06 bits per heavy atom. The van der Waals surface area contributed by atoms with Crippen molar-refractivity contribution in [3.63, 3.8) is 0 Å². The fourth-order valence-electron chi connectivity index (χ4n) is 3.76. The Kier molecular flexibility index (Phi) is 5.43. The van der Waals surface area contributed by atoms with Gasteiger partial charge in [0.25, 0.3) is 11.8 Å². The molecule has 3 atom stereocenters. The number of aliphatic hydroxyl groups is 1. The van der Waals surface area contributed by atoms with Gasteiger partial charge in [-0.2, -0.15) is 0 Å². The highest BCUT2D eigenvalue weighted by Gasteiger charge is 2.42. The molecule has 0 spiro atoms. The van der Waals surface area contributed by atoms with E-state index in [2.05, 4.69) is 20.6 Å². The van der Waals surface area contributed by atoms with E-state index in [1.807, 2.05) is 0 Å². The highest BCUT2D eigenvalue weighted by atomic mass is 16.5. The number of pyridine rings is 1. The Morgan fingerprint density at radius 3 is 2.85 bits per heavy atom. The summed E-state index contributed by atoms with van der Waals surface area (Å²) in [6.07, 6.45) is 1.39. The van der Waals surface area contributed by atoms with E-state index >= 15 is 0 Å². The molecule has 174 valence electrons. The summed E-state index contributed by atoms with van der Waals surface area (Å²) in [7, 11) is 0. The number of nitrogen functional groups attached to an aromatic ring is 1. The number of nitrogens with one attached hydrogen (secondary N) is 1.